The van der Waals surface area contributed by atoms with Crippen LogP contribution in [0.15, 0.2) is 54.7 Å². The molecule has 8 nitrogen and oxygen atoms in total. The van der Waals surface area contributed by atoms with Gasteiger partial charge in [0.2, 0.25) is 5.91 Å². The minimum Gasteiger partial charge on any atom is -0.497 e. The second kappa shape index (κ2) is 7.84. The third-order valence-electron chi connectivity index (χ3n) is 5.50. The maximum absolute atomic E-state index is 13.3. The van der Waals surface area contributed by atoms with Crippen LogP contribution < -0.4 is 10.1 Å². The van der Waals surface area contributed by atoms with Gasteiger partial charge < -0.3 is 10.1 Å². The molecular formula is C23H19FN6O2. The second-order valence-corrected chi connectivity index (χ2v) is 7.49. The molecule has 0 fully saturated rings. The molecule has 0 saturated heterocycles. The van der Waals surface area contributed by atoms with Crippen LogP contribution in [-0.4, -0.2) is 38.0 Å². The summed E-state index contributed by atoms with van der Waals surface area (Å²) in [6.07, 6.45) is 1.80. The van der Waals surface area contributed by atoms with Crippen LogP contribution in [0.3, 0.4) is 0 Å². The van der Waals surface area contributed by atoms with E-state index in [1.54, 1.807) is 19.2 Å². The molecule has 2 aromatic carbocycles. The highest BCUT2D eigenvalue weighted by Gasteiger charge is 2.33. The van der Waals surface area contributed by atoms with Gasteiger partial charge in [0.05, 0.1) is 24.7 Å². The van der Waals surface area contributed by atoms with Crippen molar-refractivity contribution in [3.8, 4) is 23.0 Å². The highest BCUT2D eigenvalue weighted by atomic mass is 19.1. The van der Waals surface area contributed by atoms with Crippen molar-refractivity contribution in [3.63, 3.8) is 0 Å². The lowest BCUT2D eigenvalue weighted by Gasteiger charge is -2.24. The van der Waals surface area contributed by atoms with E-state index in [-0.39, 0.29) is 23.6 Å². The Balaban J connectivity index is 1.58. The van der Waals surface area contributed by atoms with Gasteiger partial charge in [0.1, 0.15) is 17.4 Å². The fraction of sp³-hybridized carbons (Fsp3) is 0.174. The smallest absolute Gasteiger partial charge is 0.272 e. The molecular weight excluding hydrogens is 411 g/mol. The largest absolute Gasteiger partial charge is 0.497 e. The average molecular weight is 430 g/mol. The highest BCUT2D eigenvalue weighted by molar-refractivity contribution is 5.95. The topological polar surface area (TPSA) is 94.8 Å². The summed E-state index contributed by atoms with van der Waals surface area (Å²) in [5.74, 6) is 0.872. The fourth-order valence-electron chi connectivity index (χ4n) is 3.96. The number of carbonyl (C=O) groups is 1. The van der Waals surface area contributed by atoms with Gasteiger partial charge in [-0.2, -0.15) is 14.9 Å². The van der Waals surface area contributed by atoms with Gasteiger partial charge in [0.25, 0.3) is 5.95 Å². The number of amides is 1. The van der Waals surface area contributed by atoms with Crippen molar-refractivity contribution in [2.75, 3.05) is 12.4 Å². The van der Waals surface area contributed by atoms with Crippen LogP contribution in [0.25, 0.3) is 17.2 Å². The lowest BCUT2D eigenvalue weighted by molar-refractivity contribution is -0.116. The highest BCUT2D eigenvalue weighted by Crippen LogP contribution is 2.40. The Labute approximate surface area is 183 Å². The van der Waals surface area contributed by atoms with E-state index in [9.17, 15) is 9.18 Å². The Kier molecular flexibility index (Phi) is 4.85. The molecule has 1 amide bonds. The molecule has 1 atom stereocenters. The van der Waals surface area contributed by atoms with Gasteiger partial charge in [-0.15, -0.1) is 5.10 Å². The first-order chi connectivity index (χ1) is 15.5. The Morgan fingerprint density at radius 3 is 2.59 bits per heavy atom. The summed E-state index contributed by atoms with van der Waals surface area (Å²) in [5, 5.41) is 15.7. The van der Waals surface area contributed by atoms with Crippen molar-refractivity contribution in [2.24, 2.45) is 0 Å². The lowest BCUT2D eigenvalue weighted by atomic mass is 9.86. The number of hydrogen-bond acceptors (Lipinski definition) is 6. The summed E-state index contributed by atoms with van der Waals surface area (Å²) in [6, 6.07) is 13.6. The summed E-state index contributed by atoms with van der Waals surface area (Å²) in [4.78, 5) is 17.1. The first kappa shape index (κ1) is 19.8. The van der Waals surface area contributed by atoms with Gasteiger partial charge in [-0.1, -0.05) is 12.1 Å². The molecule has 0 spiro atoms. The molecule has 0 radical (unpaired) electrons. The lowest BCUT2D eigenvalue weighted by Crippen LogP contribution is -2.25. The molecule has 1 aliphatic rings. The zero-order valence-electron chi connectivity index (χ0n) is 17.4. The SMILES string of the molecule is COc1ccc(C2CC(=O)Nc3c2c(C)nn3-c2nncc(-c3ccc(F)cc3)n2)cc1. The molecule has 1 unspecified atom stereocenters. The molecule has 9 heteroatoms. The van der Waals surface area contributed by atoms with Crippen LogP contribution in [0.4, 0.5) is 10.2 Å². The van der Waals surface area contributed by atoms with Gasteiger partial charge >= 0.3 is 0 Å². The van der Waals surface area contributed by atoms with Crippen LogP contribution in [0.1, 0.15) is 29.2 Å². The number of benzene rings is 2. The number of fused-ring (bicyclic) bond motifs is 1. The van der Waals surface area contributed by atoms with Crippen molar-refractivity contribution in [2.45, 2.75) is 19.3 Å². The number of methoxy groups -OCH3 is 1. The number of carbonyl (C=O) groups excluding carboxylic acids is 1. The molecule has 4 aromatic rings. The number of nitrogens with one attached hydrogen (secondary N) is 1. The van der Waals surface area contributed by atoms with E-state index in [1.165, 1.54) is 23.0 Å². The first-order valence-electron chi connectivity index (χ1n) is 10.0. The number of ether oxygens (including phenoxy) is 1. The third-order valence-corrected chi connectivity index (χ3v) is 5.50. The average Bonchev–Trinajstić information content (AvgIpc) is 3.15. The number of rotatable bonds is 4. The summed E-state index contributed by atoms with van der Waals surface area (Å²) in [5.41, 5.74) is 3.87. The Morgan fingerprint density at radius 1 is 1.12 bits per heavy atom. The third kappa shape index (κ3) is 3.47. The maximum Gasteiger partial charge on any atom is 0.272 e. The molecule has 1 N–H and O–H groups in total. The molecule has 0 saturated carbocycles. The van der Waals surface area contributed by atoms with Crippen molar-refractivity contribution in [1.82, 2.24) is 25.0 Å². The summed E-state index contributed by atoms with van der Waals surface area (Å²) in [7, 11) is 1.61. The van der Waals surface area contributed by atoms with E-state index in [1.807, 2.05) is 31.2 Å². The number of aromatic nitrogens is 5. The number of anilines is 1. The predicted octanol–water partition coefficient (Wildman–Crippen LogP) is 3.65. The zero-order valence-corrected chi connectivity index (χ0v) is 17.4. The van der Waals surface area contributed by atoms with Crippen molar-refractivity contribution < 1.29 is 13.9 Å². The Morgan fingerprint density at radius 2 is 1.88 bits per heavy atom. The fourth-order valence-corrected chi connectivity index (χ4v) is 3.96. The standard InChI is InChI=1S/C23H19FN6O2/c1-13-21-18(14-5-9-17(32-2)10-6-14)11-20(31)27-22(21)30(29-13)23-26-19(12-25-28-23)15-3-7-16(24)8-4-15/h3-10,12,18H,11H2,1-2H3,(H,27,31). The number of halogens is 1. The molecule has 32 heavy (non-hydrogen) atoms. The van der Waals surface area contributed by atoms with E-state index in [0.717, 1.165) is 22.6 Å². The Hall–Kier alpha value is -4.14. The molecule has 1 aliphatic heterocycles. The van der Waals surface area contributed by atoms with Crippen LogP contribution in [0.5, 0.6) is 5.75 Å². The number of hydrogen-bond donors (Lipinski definition) is 1. The molecule has 0 aliphatic carbocycles. The van der Waals surface area contributed by atoms with Gasteiger partial charge in [-0.3, -0.25) is 4.79 Å². The van der Waals surface area contributed by atoms with Gasteiger partial charge in [0.15, 0.2) is 0 Å². The molecule has 3 heterocycles. The quantitative estimate of drug-likeness (QED) is 0.531. The van der Waals surface area contributed by atoms with E-state index in [0.29, 0.717) is 23.5 Å². The molecule has 160 valence electrons. The Bertz CT molecular complexity index is 1300. The minimum atomic E-state index is -0.333. The normalized spacial score (nSPS) is 15.2. The minimum absolute atomic E-state index is 0.123. The first-order valence-corrected chi connectivity index (χ1v) is 10.0. The van der Waals surface area contributed by atoms with Crippen LogP contribution in [0, 0.1) is 12.7 Å². The molecule has 0 bridgehead atoms. The second-order valence-electron chi connectivity index (χ2n) is 7.49. The molecule has 5 rings (SSSR count). The van der Waals surface area contributed by atoms with Crippen LogP contribution in [-0.2, 0) is 4.79 Å². The summed E-state index contributed by atoms with van der Waals surface area (Å²) >= 11 is 0. The predicted molar refractivity (Wildman–Crippen MR) is 115 cm³/mol. The number of aryl methyl sites for hydroxylation is 1. The van der Waals surface area contributed by atoms with Gasteiger partial charge in [-0.05, 0) is 48.9 Å². The van der Waals surface area contributed by atoms with Crippen molar-refractivity contribution in [1.29, 1.82) is 0 Å². The van der Waals surface area contributed by atoms with Gasteiger partial charge in [-0.25, -0.2) is 9.37 Å². The van der Waals surface area contributed by atoms with Crippen molar-refractivity contribution in [3.05, 3.63) is 77.4 Å². The van der Waals surface area contributed by atoms with E-state index < -0.39 is 0 Å². The van der Waals surface area contributed by atoms with Crippen LogP contribution >= 0.6 is 0 Å². The van der Waals surface area contributed by atoms with E-state index >= 15 is 0 Å². The van der Waals surface area contributed by atoms with Crippen LogP contribution in [0.2, 0.25) is 0 Å². The summed E-state index contributed by atoms with van der Waals surface area (Å²) in [6.45, 7) is 1.89. The van der Waals surface area contributed by atoms with E-state index in [2.05, 4.69) is 25.6 Å². The van der Waals surface area contributed by atoms with Gasteiger partial charge in [0, 0.05) is 23.5 Å². The number of nitrogens with zero attached hydrogens (tertiary/aromatic N) is 5. The van der Waals surface area contributed by atoms with Crippen molar-refractivity contribution >= 4 is 11.7 Å². The molecule has 2 aromatic heterocycles. The van der Waals surface area contributed by atoms with E-state index in [4.69, 9.17) is 4.74 Å². The monoisotopic (exact) mass is 430 g/mol. The summed E-state index contributed by atoms with van der Waals surface area (Å²) < 4.78 is 20.0. The maximum atomic E-state index is 13.3. The zero-order chi connectivity index (χ0) is 22.2.